The fourth-order valence-corrected chi connectivity index (χ4v) is 6.40. The third kappa shape index (κ3) is 3.03. The van der Waals surface area contributed by atoms with Crippen LogP contribution in [0.3, 0.4) is 0 Å². The smallest absolute Gasteiger partial charge is 0.0342 e. The summed E-state index contributed by atoms with van der Waals surface area (Å²) in [6, 6.07) is 0.845. The first-order valence-electron chi connectivity index (χ1n) is 9.43. The third-order valence-corrected chi connectivity index (χ3v) is 6.67. The van der Waals surface area contributed by atoms with Gasteiger partial charge in [0, 0.05) is 18.1 Å². The van der Waals surface area contributed by atoms with Crippen LogP contribution in [0.15, 0.2) is 0 Å². The molecule has 0 aromatic carbocycles. The summed E-state index contributed by atoms with van der Waals surface area (Å²) in [5.74, 6) is 1.79. The van der Waals surface area contributed by atoms with Crippen molar-refractivity contribution in [3.63, 3.8) is 0 Å². The summed E-state index contributed by atoms with van der Waals surface area (Å²) in [5.41, 5.74) is 7.18. The Morgan fingerprint density at radius 3 is 2.48 bits per heavy atom. The predicted molar refractivity (Wildman–Crippen MR) is 90.3 cm³/mol. The van der Waals surface area contributed by atoms with Crippen molar-refractivity contribution in [1.82, 2.24) is 4.90 Å². The molecule has 0 aromatic heterocycles. The van der Waals surface area contributed by atoms with Crippen LogP contribution in [-0.2, 0) is 0 Å². The van der Waals surface area contributed by atoms with Gasteiger partial charge in [0.2, 0.25) is 0 Å². The zero-order valence-corrected chi connectivity index (χ0v) is 14.5. The number of hydrogen-bond donors (Lipinski definition) is 1. The van der Waals surface area contributed by atoms with Gasteiger partial charge in [0.05, 0.1) is 0 Å². The fraction of sp³-hybridized carbons (Fsp3) is 1.00. The molecule has 2 saturated carbocycles. The largest absolute Gasteiger partial charge is 0.329 e. The molecule has 2 aliphatic carbocycles. The van der Waals surface area contributed by atoms with Crippen LogP contribution in [0.1, 0.15) is 78.6 Å². The van der Waals surface area contributed by atoms with Gasteiger partial charge in [0.1, 0.15) is 0 Å². The first-order valence-corrected chi connectivity index (χ1v) is 9.43. The number of likely N-dealkylation sites (tertiary alicyclic amines) is 1. The molecule has 0 radical (unpaired) electrons. The second kappa shape index (κ2) is 5.85. The van der Waals surface area contributed by atoms with Gasteiger partial charge in [-0.15, -0.1) is 0 Å². The van der Waals surface area contributed by atoms with Crippen molar-refractivity contribution in [1.29, 1.82) is 0 Å². The maximum absolute atomic E-state index is 6.43. The summed E-state index contributed by atoms with van der Waals surface area (Å²) in [7, 11) is 0. The summed E-state index contributed by atoms with van der Waals surface area (Å²) in [6.07, 6.45) is 12.7. The SMILES string of the molecule is CC1CC(C)(C)CC(CN)(N2CCCC3CCCCC32)C1. The molecule has 4 atom stereocenters. The zero-order valence-electron chi connectivity index (χ0n) is 14.5. The van der Waals surface area contributed by atoms with Crippen LogP contribution < -0.4 is 5.73 Å². The minimum atomic E-state index is 0.293. The number of fused-ring (bicyclic) bond motifs is 1. The second-order valence-electron chi connectivity index (χ2n) is 9.23. The highest BCUT2D eigenvalue weighted by atomic mass is 15.3. The number of nitrogens with zero attached hydrogens (tertiary/aromatic N) is 1. The van der Waals surface area contributed by atoms with E-state index >= 15 is 0 Å². The highest BCUT2D eigenvalue weighted by Crippen LogP contribution is 2.49. The lowest BCUT2D eigenvalue weighted by Crippen LogP contribution is -2.65. The van der Waals surface area contributed by atoms with Gasteiger partial charge in [-0.05, 0) is 68.7 Å². The molecule has 0 aromatic rings. The average Bonchev–Trinajstić information content (AvgIpc) is 2.44. The zero-order chi connectivity index (χ0) is 15.1. The van der Waals surface area contributed by atoms with Crippen LogP contribution in [0, 0.1) is 17.3 Å². The van der Waals surface area contributed by atoms with Gasteiger partial charge in [-0.25, -0.2) is 0 Å². The third-order valence-electron chi connectivity index (χ3n) is 6.67. The average molecular weight is 293 g/mol. The fourth-order valence-electron chi connectivity index (χ4n) is 6.40. The van der Waals surface area contributed by atoms with Crippen LogP contribution >= 0.6 is 0 Å². The minimum absolute atomic E-state index is 0.293. The molecule has 1 saturated heterocycles. The van der Waals surface area contributed by atoms with E-state index in [1.54, 1.807) is 0 Å². The molecule has 3 rings (SSSR count). The molecule has 0 amide bonds. The first-order chi connectivity index (χ1) is 9.96. The van der Waals surface area contributed by atoms with Gasteiger partial charge in [-0.1, -0.05) is 33.6 Å². The van der Waals surface area contributed by atoms with E-state index in [9.17, 15) is 0 Å². The Kier molecular flexibility index (Phi) is 4.40. The molecular weight excluding hydrogens is 256 g/mol. The molecule has 21 heavy (non-hydrogen) atoms. The van der Waals surface area contributed by atoms with Crippen molar-refractivity contribution in [3.05, 3.63) is 0 Å². The van der Waals surface area contributed by atoms with Crippen LogP contribution in [0.25, 0.3) is 0 Å². The molecule has 122 valence electrons. The quantitative estimate of drug-likeness (QED) is 0.827. The van der Waals surface area contributed by atoms with E-state index in [-0.39, 0.29) is 0 Å². The van der Waals surface area contributed by atoms with Crippen molar-refractivity contribution < 1.29 is 0 Å². The van der Waals surface area contributed by atoms with Gasteiger partial charge in [-0.2, -0.15) is 0 Å². The molecule has 3 aliphatic rings. The minimum Gasteiger partial charge on any atom is -0.329 e. The number of nitrogens with two attached hydrogens (primary N) is 1. The Morgan fingerprint density at radius 1 is 1.05 bits per heavy atom. The normalized spacial score (nSPS) is 44.3. The number of piperidine rings is 1. The summed E-state index contributed by atoms with van der Waals surface area (Å²) < 4.78 is 0. The lowest BCUT2D eigenvalue weighted by Gasteiger charge is -2.58. The highest BCUT2D eigenvalue weighted by molar-refractivity contribution is 5.05. The van der Waals surface area contributed by atoms with E-state index in [4.69, 9.17) is 5.73 Å². The number of rotatable bonds is 2. The van der Waals surface area contributed by atoms with Crippen LogP contribution in [-0.4, -0.2) is 29.6 Å². The van der Waals surface area contributed by atoms with Crippen molar-refractivity contribution in [2.24, 2.45) is 23.0 Å². The lowest BCUT2D eigenvalue weighted by atomic mass is 9.62. The van der Waals surface area contributed by atoms with E-state index in [0.29, 0.717) is 11.0 Å². The van der Waals surface area contributed by atoms with E-state index in [0.717, 1.165) is 24.4 Å². The molecule has 0 spiro atoms. The molecule has 1 aliphatic heterocycles. The number of hydrogen-bond acceptors (Lipinski definition) is 2. The molecule has 2 N–H and O–H groups in total. The van der Waals surface area contributed by atoms with E-state index < -0.39 is 0 Å². The Bertz CT molecular complexity index is 363. The second-order valence-corrected chi connectivity index (χ2v) is 9.23. The molecule has 2 nitrogen and oxygen atoms in total. The highest BCUT2D eigenvalue weighted by Gasteiger charge is 2.49. The van der Waals surface area contributed by atoms with Gasteiger partial charge in [0.25, 0.3) is 0 Å². The summed E-state index contributed by atoms with van der Waals surface area (Å²) >= 11 is 0. The Morgan fingerprint density at radius 2 is 1.76 bits per heavy atom. The van der Waals surface area contributed by atoms with E-state index in [2.05, 4.69) is 25.7 Å². The van der Waals surface area contributed by atoms with Crippen molar-refractivity contribution in [3.8, 4) is 0 Å². The van der Waals surface area contributed by atoms with Gasteiger partial charge < -0.3 is 5.73 Å². The van der Waals surface area contributed by atoms with Crippen molar-refractivity contribution in [2.45, 2.75) is 90.1 Å². The summed E-state index contributed by atoms with van der Waals surface area (Å²) in [4.78, 5) is 2.93. The molecule has 1 heterocycles. The topological polar surface area (TPSA) is 29.3 Å². The standard InChI is InChI=1S/C19H36N2/c1-15-11-18(2,3)13-19(12-15,14-20)21-10-6-8-16-7-4-5-9-17(16)21/h15-17H,4-14,20H2,1-3H3. The van der Waals surface area contributed by atoms with Gasteiger partial charge in [0.15, 0.2) is 0 Å². The predicted octanol–water partition coefficient (Wildman–Crippen LogP) is 4.18. The molecule has 2 heteroatoms. The Hall–Kier alpha value is -0.0800. The maximum Gasteiger partial charge on any atom is 0.0342 e. The monoisotopic (exact) mass is 292 g/mol. The first kappa shape index (κ1) is 15.8. The van der Waals surface area contributed by atoms with Gasteiger partial charge >= 0.3 is 0 Å². The molecule has 4 unspecified atom stereocenters. The van der Waals surface area contributed by atoms with Crippen molar-refractivity contribution >= 4 is 0 Å². The molecular formula is C19H36N2. The van der Waals surface area contributed by atoms with Gasteiger partial charge in [-0.3, -0.25) is 4.90 Å². The van der Waals surface area contributed by atoms with Crippen LogP contribution in [0.2, 0.25) is 0 Å². The Balaban J connectivity index is 1.86. The Labute approximate surface area is 131 Å². The van der Waals surface area contributed by atoms with Crippen LogP contribution in [0.4, 0.5) is 0 Å². The van der Waals surface area contributed by atoms with Crippen LogP contribution in [0.5, 0.6) is 0 Å². The lowest BCUT2D eigenvalue weighted by molar-refractivity contribution is -0.0764. The summed E-state index contributed by atoms with van der Waals surface area (Å²) in [5, 5.41) is 0. The van der Waals surface area contributed by atoms with E-state index in [1.165, 1.54) is 64.3 Å². The summed E-state index contributed by atoms with van der Waals surface area (Å²) in [6.45, 7) is 9.56. The van der Waals surface area contributed by atoms with Crippen molar-refractivity contribution in [2.75, 3.05) is 13.1 Å². The maximum atomic E-state index is 6.43. The molecule has 3 fully saturated rings. The molecule has 0 bridgehead atoms. The van der Waals surface area contributed by atoms with E-state index in [1.807, 2.05) is 0 Å².